The smallest absolute Gasteiger partial charge is 0.163 e. The number of hydrogen-bond donors (Lipinski definition) is 2. The van der Waals surface area contributed by atoms with E-state index in [2.05, 4.69) is 15.4 Å². The molecule has 0 aliphatic rings. The number of anilines is 1. The third-order valence-corrected chi connectivity index (χ3v) is 2.45. The maximum Gasteiger partial charge on any atom is 0.163 e. The molecule has 4 nitrogen and oxygen atoms in total. The summed E-state index contributed by atoms with van der Waals surface area (Å²) in [7, 11) is 0. The Morgan fingerprint density at radius 2 is 2.00 bits per heavy atom. The predicted octanol–water partition coefficient (Wildman–Crippen LogP) is 2.39. The standard InChI is InChI=1S/C11H11ClN4/c1-7-6-10(16-13)15-11(14-7)8-4-2-3-5-9(8)12/h2-6H,13H2,1H3,(H,14,15,16). The molecule has 82 valence electrons. The molecule has 0 unspecified atom stereocenters. The van der Waals surface area contributed by atoms with E-state index >= 15 is 0 Å². The van der Waals surface area contributed by atoms with Crippen molar-refractivity contribution in [2.75, 3.05) is 5.43 Å². The van der Waals surface area contributed by atoms with Crippen molar-refractivity contribution in [1.82, 2.24) is 9.97 Å². The summed E-state index contributed by atoms with van der Waals surface area (Å²) in [6, 6.07) is 9.20. The molecular formula is C11H11ClN4. The van der Waals surface area contributed by atoms with Gasteiger partial charge in [0, 0.05) is 17.3 Å². The van der Waals surface area contributed by atoms with Gasteiger partial charge in [-0.05, 0) is 19.1 Å². The van der Waals surface area contributed by atoms with E-state index in [0.29, 0.717) is 16.7 Å². The average Bonchev–Trinajstić information content (AvgIpc) is 2.28. The van der Waals surface area contributed by atoms with Gasteiger partial charge in [-0.25, -0.2) is 15.8 Å². The van der Waals surface area contributed by atoms with Gasteiger partial charge < -0.3 is 5.43 Å². The SMILES string of the molecule is Cc1cc(NN)nc(-c2ccccc2Cl)n1. The molecule has 1 heterocycles. The quantitative estimate of drug-likeness (QED) is 0.619. The average molecular weight is 235 g/mol. The predicted molar refractivity (Wildman–Crippen MR) is 65.0 cm³/mol. The van der Waals surface area contributed by atoms with Crippen molar-refractivity contribution < 1.29 is 0 Å². The number of nitrogen functional groups attached to an aromatic ring is 1. The summed E-state index contributed by atoms with van der Waals surface area (Å²) in [5.41, 5.74) is 4.13. The van der Waals surface area contributed by atoms with E-state index in [1.807, 2.05) is 25.1 Å². The summed E-state index contributed by atoms with van der Waals surface area (Å²) in [6.45, 7) is 1.88. The van der Waals surface area contributed by atoms with E-state index in [0.717, 1.165) is 11.3 Å². The maximum absolute atomic E-state index is 6.07. The van der Waals surface area contributed by atoms with Crippen LogP contribution in [0.4, 0.5) is 5.82 Å². The Kier molecular flexibility index (Phi) is 3.03. The molecule has 0 saturated carbocycles. The fourth-order valence-electron chi connectivity index (χ4n) is 1.41. The van der Waals surface area contributed by atoms with E-state index in [-0.39, 0.29) is 0 Å². The molecule has 0 aliphatic heterocycles. The van der Waals surface area contributed by atoms with Crippen LogP contribution >= 0.6 is 11.6 Å². The lowest BCUT2D eigenvalue weighted by molar-refractivity contribution is 1.09. The van der Waals surface area contributed by atoms with Crippen molar-refractivity contribution in [2.24, 2.45) is 5.84 Å². The van der Waals surface area contributed by atoms with Crippen LogP contribution in [-0.2, 0) is 0 Å². The number of nitrogens with zero attached hydrogens (tertiary/aromatic N) is 2. The van der Waals surface area contributed by atoms with E-state index < -0.39 is 0 Å². The van der Waals surface area contributed by atoms with E-state index in [1.165, 1.54) is 0 Å². The lowest BCUT2D eigenvalue weighted by Crippen LogP contribution is -2.10. The van der Waals surface area contributed by atoms with E-state index in [9.17, 15) is 0 Å². The summed E-state index contributed by atoms with van der Waals surface area (Å²) < 4.78 is 0. The molecule has 0 aliphatic carbocycles. The van der Waals surface area contributed by atoms with Crippen molar-refractivity contribution in [1.29, 1.82) is 0 Å². The van der Waals surface area contributed by atoms with Crippen molar-refractivity contribution >= 4 is 17.4 Å². The number of halogens is 1. The number of aryl methyl sites for hydroxylation is 1. The Morgan fingerprint density at radius 1 is 1.25 bits per heavy atom. The molecule has 2 aromatic rings. The highest BCUT2D eigenvalue weighted by atomic mass is 35.5. The van der Waals surface area contributed by atoms with Crippen molar-refractivity contribution in [3.05, 3.63) is 41.0 Å². The molecule has 0 fully saturated rings. The second-order valence-electron chi connectivity index (χ2n) is 3.34. The number of benzene rings is 1. The molecule has 3 N–H and O–H groups in total. The molecule has 0 spiro atoms. The normalized spacial score (nSPS) is 10.2. The first-order chi connectivity index (χ1) is 7.70. The number of nitrogens with one attached hydrogen (secondary N) is 1. The van der Waals surface area contributed by atoms with Crippen LogP contribution in [0.2, 0.25) is 5.02 Å². The lowest BCUT2D eigenvalue weighted by atomic mass is 10.2. The van der Waals surface area contributed by atoms with Gasteiger partial charge in [0.1, 0.15) is 5.82 Å². The number of aromatic nitrogens is 2. The van der Waals surface area contributed by atoms with Gasteiger partial charge in [0.15, 0.2) is 5.82 Å². The highest BCUT2D eigenvalue weighted by Crippen LogP contribution is 2.25. The minimum Gasteiger partial charge on any atom is -0.308 e. The Labute approximate surface area is 98.5 Å². The van der Waals surface area contributed by atoms with Gasteiger partial charge in [0.25, 0.3) is 0 Å². The minimum absolute atomic E-state index is 0.568. The number of nitrogens with two attached hydrogens (primary N) is 1. The summed E-state index contributed by atoms with van der Waals surface area (Å²) in [5.74, 6) is 6.47. The molecule has 5 heteroatoms. The van der Waals surface area contributed by atoms with Gasteiger partial charge in [-0.1, -0.05) is 23.7 Å². The number of hydrazine groups is 1. The van der Waals surface area contributed by atoms with Crippen molar-refractivity contribution in [3.63, 3.8) is 0 Å². The molecule has 1 aromatic carbocycles. The molecule has 0 bridgehead atoms. The third kappa shape index (κ3) is 2.13. The summed E-state index contributed by atoms with van der Waals surface area (Å²) in [6.07, 6.45) is 0. The zero-order valence-electron chi connectivity index (χ0n) is 8.74. The first-order valence-corrected chi connectivity index (χ1v) is 5.15. The monoisotopic (exact) mass is 234 g/mol. The van der Waals surface area contributed by atoms with Gasteiger partial charge in [0.05, 0.1) is 5.02 Å². The Hall–Kier alpha value is -1.65. The first-order valence-electron chi connectivity index (χ1n) is 4.78. The fraction of sp³-hybridized carbons (Fsp3) is 0.0909. The first kappa shape index (κ1) is 10.9. The highest BCUT2D eigenvalue weighted by Gasteiger charge is 2.07. The summed E-state index contributed by atoms with van der Waals surface area (Å²) >= 11 is 6.07. The largest absolute Gasteiger partial charge is 0.308 e. The van der Waals surface area contributed by atoms with Crippen molar-refractivity contribution in [2.45, 2.75) is 6.92 Å². The molecule has 16 heavy (non-hydrogen) atoms. The van der Waals surface area contributed by atoms with Gasteiger partial charge >= 0.3 is 0 Å². The number of hydrogen-bond acceptors (Lipinski definition) is 4. The molecular weight excluding hydrogens is 224 g/mol. The minimum atomic E-state index is 0.568. The molecule has 1 aromatic heterocycles. The molecule has 0 radical (unpaired) electrons. The summed E-state index contributed by atoms with van der Waals surface area (Å²) in [4.78, 5) is 8.57. The van der Waals surface area contributed by atoms with Crippen LogP contribution in [0.1, 0.15) is 5.69 Å². The van der Waals surface area contributed by atoms with Gasteiger partial charge in [0.2, 0.25) is 0 Å². The van der Waals surface area contributed by atoms with Crippen LogP contribution in [0.3, 0.4) is 0 Å². The van der Waals surface area contributed by atoms with Gasteiger partial charge in [-0.15, -0.1) is 0 Å². The Morgan fingerprint density at radius 3 is 2.69 bits per heavy atom. The number of rotatable bonds is 2. The zero-order chi connectivity index (χ0) is 11.5. The zero-order valence-corrected chi connectivity index (χ0v) is 9.49. The maximum atomic E-state index is 6.07. The molecule has 0 atom stereocenters. The topological polar surface area (TPSA) is 63.8 Å². The van der Waals surface area contributed by atoms with Crippen LogP contribution in [-0.4, -0.2) is 9.97 Å². The second kappa shape index (κ2) is 4.47. The molecule has 0 saturated heterocycles. The van der Waals surface area contributed by atoms with Crippen LogP contribution in [0.5, 0.6) is 0 Å². The second-order valence-corrected chi connectivity index (χ2v) is 3.75. The Balaban J connectivity index is 2.56. The van der Waals surface area contributed by atoms with Crippen LogP contribution in [0.25, 0.3) is 11.4 Å². The van der Waals surface area contributed by atoms with Crippen LogP contribution in [0.15, 0.2) is 30.3 Å². The highest BCUT2D eigenvalue weighted by molar-refractivity contribution is 6.33. The molecule has 0 amide bonds. The van der Waals surface area contributed by atoms with E-state index in [1.54, 1.807) is 12.1 Å². The van der Waals surface area contributed by atoms with Crippen LogP contribution in [0, 0.1) is 6.92 Å². The van der Waals surface area contributed by atoms with Crippen LogP contribution < -0.4 is 11.3 Å². The third-order valence-electron chi connectivity index (χ3n) is 2.12. The lowest BCUT2D eigenvalue weighted by Gasteiger charge is -2.06. The molecule has 2 rings (SSSR count). The summed E-state index contributed by atoms with van der Waals surface area (Å²) in [5, 5.41) is 0.621. The van der Waals surface area contributed by atoms with Crippen molar-refractivity contribution in [3.8, 4) is 11.4 Å². The van der Waals surface area contributed by atoms with Gasteiger partial charge in [-0.3, -0.25) is 0 Å². The van der Waals surface area contributed by atoms with Gasteiger partial charge in [-0.2, -0.15) is 0 Å². The Bertz CT molecular complexity index is 513. The fourth-order valence-corrected chi connectivity index (χ4v) is 1.63. The van der Waals surface area contributed by atoms with E-state index in [4.69, 9.17) is 17.4 Å².